The molecule has 0 aliphatic rings. The lowest BCUT2D eigenvalue weighted by atomic mass is 10.1. The summed E-state index contributed by atoms with van der Waals surface area (Å²) >= 11 is 1.89. The highest BCUT2D eigenvalue weighted by atomic mass is 32.2. The SMILES string of the molecule is CS[C@H](C)CN[C@H](C)c1ccc(-n2ccnc2)cc1. The van der Waals surface area contributed by atoms with E-state index in [1.54, 1.807) is 6.20 Å². The summed E-state index contributed by atoms with van der Waals surface area (Å²) in [6, 6.07) is 9.00. The molecule has 102 valence electrons. The number of hydrogen-bond donors (Lipinski definition) is 1. The summed E-state index contributed by atoms with van der Waals surface area (Å²) in [5, 5.41) is 4.21. The van der Waals surface area contributed by atoms with Crippen LogP contribution in [0.25, 0.3) is 5.69 Å². The third-order valence-electron chi connectivity index (χ3n) is 3.31. The number of benzene rings is 1. The normalized spacial score (nSPS) is 14.3. The van der Waals surface area contributed by atoms with Gasteiger partial charge in [-0.1, -0.05) is 19.1 Å². The van der Waals surface area contributed by atoms with Gasteiger partial charge in [0.25, 0.3) is 0 Å². The highest BCUT2D eigenvalue weighted by Crippen LogP contribution is 2.16. The van der Waals surface area contributed by atoms with Crippen molar-refractivity contribution in [3.05, 3.63) is 48.5 Å². The molecule has 0 aliphatic carbocycles. The first kappa shape index (κ1) is 14.2. The third-order valence-corrected chi connectivity index (χ3v) is 4.28. The van der Waals surface area contributed by atoms with Crippen molar-refractivity contribution in [3.8, 4) is 5.69 Å². The van der Waals surface area contributed by atoms with Crippen LogP contribution in [-0.2, 0) is 0 Å². The van der Waals surface area contributed by atoms with Crippen LogP contribution in [0.4, 0.5) is 0 Å². The van der Waals surface area contributed by atoms with Crippen molar-refractivity contribution >= 4 is 11.8 Å². The minimum absolute atomic E-state index is 0.381. The van der Waals surface area contributed by atoms with Crippen LogP contribution in [0, 0.1) is 0 Å². The molecule has 3 nitrogen and oxygen atoms in total. The molecular formula is C15H21N3S. The number of thioether (sulfide) groups is 1. The molecule has 1 heterocycles. The quantitative estimate of drug-likeness (QED) is 0.877. The number of rotatable bonds is 6. The van der Waals surface area contributed by atoms with Gasteiger partial charge in [0, 0.05) is 35.9 Å². The molecule has 2 aromatic rings. The van der Waals surface area contributed by atoms with Crippen molar-refractivity contribution in [2.75, 3.05) is 12.8 Å². The van der Waals surface area contributed by atoms with Crippen LogP contribution in [0.5, 0.6) is 0 Å². The van der Waals surface area contributed by atoms with Gasteiger partial charge in [0.2, 0.25) is 0 Å². The standard InChI is InChI=1S/C15H21N3S/c1-12(19-3)10-17-13(2)14-4-6-15(7-5-14)18-9-8-16-11-18/h4-9,11-13,17H,10H2,1-3H3/t12-,13-/m1/s1. The molecule has 0 amide bonds. The van der Waals surface area contributed by atoms with Gasteiger partial charge in [-0.3, -0.25) is 0 Å². The second-order valence-corrected chi connectivity index (χ2v) is 6.01. The molecule has 0 aliphatic heterocycles. The van der Waals surface area contributed by atoms with Crippen molar-refractivity contribution in [3.63, 3.8) is 0 Å². The van der Waals surface area contributed by atoms with Crippen molar-refractivity contribution in [1.29, 1.82) is 0 Å². The summed E-state index contributed by atoms with van der Waals surface area (Å²) in [4.78, 5) is 4.06. The number of hydrogen-bond acceptors (Lipinski definition) is 3. The van der Waals surface area contributed by atoms with E-state index in [4.69, 9.17) is 0 Å². The first-order valence-electron chi connectivity index (χ1n) is 6.55. The van der Waals surface area contributed by atoms with E-state index in [9.17, 15) is 0 Å². The van der Waals surface area contributed by atoms with Gasteiger partial charge >= 0.3 is 0 Å². The van der Waals surface area contributed by atoms with E-state index in [1.807, 2.05) is 28.9 Å². The summed E-state index contributed by atoms with van der Waals surface area (Å²) in [6.45, 7) is 5.48. The van der Waals surface area contributed by atoms with Gasteiger partial charge in [0.1, 0.15) is 0 Å². The minimum atomic E-state index is 0.381. The number of imidazole rings is 1. The molecule has 19 heavy (non-hydrogen) atoms. The Bertz CT molecular complexity index is 479. The van der Waals surface area contributed by atoms with Gasteiger partial charge in [0.05, 0.1) is 6.33 Å². The zero-order chi connectivity index (χ0) is 13.7. The Labute approximate surface area is 119 Å². The summed E-state index contributed by atoms with van der Waals surface area (Å²) in [6.07, 6.45) is 7.71. The molecule has 1 N–H and O–H groups in total. The summed E-state index contributed by atoms with van der Waals surface area (Å²) < 4.78 is 2.01. The van der Waals surface area contributed by atoms with Crippen molar-refractivity contribution in [1.82, 2.24) is 14.9 Å². The van der Waals surface area contributed by atoms with Crippen LogP contribution in [0.15, 0.2) is 43.0 Å². The van der Waals surface area contributed by atoms with Crippen LogP contribution in [0.2, 0.25) is 0 Å². The minimum Gasteiger partial charge on any atom is -0.309 e. The second-order valence-electron chi connectivity index (χ2n) is 4.74. The monoisotopic (exact) mass is 275 g/mol. The van der Waals surface area contributed by atoms with E-state index >= 15 is 0 Å². The fourth-order valence-corrected chi connectivity index (χ4v) is 2.15. The maximum Gasteiger partial charge on any atom is 0.0991 e. The number of nitrogens with zero attached hydrogens (tertiary/aromatic N) is 2. The lowest BCUT2D eigenvalue weighted by molar-refractivity contribution is 0.576. The largest absolute Gasteiger partial charge is 0.309 e. The average Bonchev–Trinajstić information content (AvgIpc) is 2.98. The highest BCUT2D eigenvalue weighted by molar-refractivity contribution is 7.99. The average molecular weight is 275 g/mol. The molecule has 0 fully saturated rings. The van der Waals surface area contributed by atoms with Crippen LogP contribution in [-0.4, -0.2) is 27.6 Å². The summed E-state index contributed by atoms with van der Waals surface area (Å²) in [7, 11) is 0. The molecule has 0 bridgehead atoms. The van der Waals surface area contributed by atoms with Gasteiger partial charge in [-0.15, -0.1) is 0 Å². The van der Waals surface area contributed by atoms with Crippen LogP contribution < -0.4 is 5.32 Å². The van der Waals surface area contributed by atoms with E-state index in [-0.39, 0.29) is 0 Å². The van der Waals surface area contributed by atoms with Crippen molar-refractivity contribution in [2.24, 2.45) is 0 Å². The molecular weight excluding hydrogens is 254 g/mol. The van der Waals surface area contributed by atoms with E-state index in [1.165, 1.54) is 5.56 Å². The maximum atomic E-state index is 4.06. The van der Waals surface area contributed by atoms with E-state index in [2.05, 4.69) is 54.7 Å². The summed E-state index contributed by atoms with van der Waals surface area (Å²) in [5.41, 5.74) is 2.46. The molecule has 0 unspecified atom stereocenters. The van der Waals surface area contributed by atoms with Crippen LogP contribution in [0.3, 0.4) is 0 Å². The molecule has 2 atom stereocenters. The Morgan fingerprint density at radius 2 is 2.00 bits per heavy atom. The Morgan fingerprint density at radius 1 is 1.26 bits per heavy atom. The zero-order valence-electron chi connectivity index (χ0n) is 11.7. The molecule has 1 aromatic carbocycles. The summed E-state index contributed by atoms with van der Waals surface area (Å²) in [5.74, 6) is 0. The Balaban J connectivity index is 1.98. The highest BCUT2D eigenvalue weighted by Gasteiger charge is 2.07. The second kappa shape index (κ2) is 6.78. The Hall–Kier alpha value is -1.26. The predicted octanol–water partition coefficient (Wildman–Crippen LogP) is 3.27. The number of nitrogens with one attached hydrogen (secondary N) is 1. The first-order valence-corrected chi connectivity index (χ1v) is 7.84. The third kappa shape index (κ3) is 3.85. The smallest absolute Gasteiger partial charge is 0.0991 e. The predicted molar refractivity (Wildman–Crippen MR) is 83.0 cm³/mol. The molecule has 0 spiro atoms. The lowest BCUT2D eigenvalue weighted by Crippen LogP contribution is -2.25. The van der Waals surface area contributed by atoms with E-state index < -0.39 is 0 Å². The van der Waals surface area contributed by atoms with Crippen molar-refractivity contribution in [2.45, 2.75) is 25.1 Å². The Morgan fingerprint density at radius 3 is 2.58 bits per heavy atom. The Kier molecular flexibility index (Phi) is 5.05. The van der Waals surface area contributed by atoms with Crippen LogP contribution in [0.1, 0.15) is 25.5 Å². The molecule has 0 radical (unpaired) electrons. The molecule has 2 rings (SSSR count). The zero-order valence-corrected chi connectivity index (χ0v) is 12.5. The van der Waals surface area contributed by atoms with Gasteiger partial charge in [-0.25, -0.2) is 4.98 Å². The molecule has 0 saturated heterocycles. The van der Waals surface area contributed by atoms with Gasteiger partial charge in [0.15, 0.2) is 0 Å². The molecule has 4 heteroatoms. The van der Waals surface area contributed by atoms with Gasteiger partial charge in [-0.2, -0.15) is 11.8 Å². The first-order chi connectivity index (χ1) is 9.20. The van der Waals surface area contributed by atoms with Gasteiger partial charge in [-0.05, 0) is 30.9 Å². The topological polar surface area (TPSA) is 29.9 Å². The van der Waals surface area contributed by atoms with Crippen LogP contribution >= 0.6 is 11.8 Å². The molecule has 0 saturated carbocycles. The fourth-order valence-electron chi connectivity index (χ4n) is 1.89. The number of aromatic nitrogens is 2. The van der Waals surface area contributed by atoms with Gasteiger partial charge < -0.3 is 9.88 Å². The fraction of sp³-hybridized carbons (Fsp3) is 0.400. The van der Waals surface area contributed by atoms with E-state index in [0.717, 1.165) is 12.2 Å². The maximum absolute atomic E-state index is 4.06. The van der Waals surface area contributed by atoms with Crippen molar-refractivity contribution < 1.29 is 0 Å². The lowest BCUT2D eigenvalue weighted by Gasteiger charge is -2.17. The van der Waals surface area contributed by atoms with E-state index in [0.29, 0.717) is 11.3 Å². The molecule has 1 aromatic heterocycles.